The fraction of sp³-hybridized carbons (Fsp3) is 0.353. The molecule has 1 heterocycles. The summed E-state index contributed by atoms with van der Waals surface area (Å²) >= 11 is 0. The monoisotopic (exact) mass is 317 g/mol. The second-order valence-electron chi connectivity index (χ2n) is 4.88. The van der Waals surface area contributed by atoms with Crippen LogP contribution in [-0.2, 0) is 22.5 Å². The molecule has 0 N–H and O–H groups in total. The molecule has 23 heavy (non-hydrogen) atoms. The van der Waals surface area contributed by atoms with Crippen molar-refractivity contribution in [3.8, 4) is 0 Å². The van der Waals surface area contributed by atoms with Crippen molar-refractivity contribution >= 4 is 5.97 Å². The van der Waals surface area contributed by atoms with Gasteiger partial charge in [-0.15, -0.1) is 0 Å². The molecule has 1 aromatic carbocycles. The summed E-state index contributed by atoms with van der Waals surface area (Å²) in [5.74, 6) is -1.05. The van der Waals surface area contributed by atoms with Crippen LogP contribution in [0.2, 0.25) is 0 Å². The van der Waals surface area contributed by atoms with Gasteiger partial charge in [-0.25, -0.2) is 14.6 Å². The van der Waals surface area contributed by atoms with E-state index >= 15 is 0 Å². The van der Waals surface area contributed by atoms with Crippen LogP contribution in [0.5, 0.6) is 0 Å². The number of nitrogens with zero attached hydrogens (tertiary/aromatic N) is 1. The van der Waals surface area contributed by atoms with Crippen LogP contribution in [0.15, 0.2) is 39.5 Å². The van der Waals surface area contributed by atoms with Crippen LogP contribution in [0.25, 0.3) is 0 Å². The Bertz CT molecular complexity index is 709. The van der Waals surface area contributed by atoms with E-state index in [9.17, 15) is 9.59 Å². The Morgan fingerprint density at radius 3 is 2.65 bits per heavy atom. The highest BCUT2D eigenvalue weighted by Gasteiger charge is 2.17. The minimum atomic E-state index is -0.737. The lowest BCUT2D eigenvalue weighted by Gasteiger charge is -2.07. The summed E-state index contributed by atoms with van der Waals surface area (Å²) in [5, 5.41) is 0. The van der Waals surface area contributed by atoms with Gasteiger partial charge in [-0.2, -0.15) is 0 Å². The highest BCUT2D eigenvalue weighted by Crippen LogP contribution is 2.06. The summed E-state index contributed by atoms with van der Waals surface area (Å²) in [4.78, 5) is 27.5. The van der Waals surface area contributed by atoms with Crippen LogP contribution in [0.3, 0.4) is 0 Å². The summed E-state index contributed by atoms with van der Waals surface area (Å²) in [7, 11) is 0. The van der Waals surface area contributed by atoms with Crippen LogP contribution in [0.4, 0.5) is 0 Å². The molecule has 0 fully saturated rings. The number of esters is 1. The van der Waals surface area contributed by atoms with Crippen molar-refractivity contribution in [1.29, 1.82) is 0 Å². The molecule has 1 aromatic heterocycles. The number of hydrogen-bond donors (Lipinski definition) is 0. The maximum atomic E-state index is 12.0. The van der Waals surface area contributed by atoms with E-state index in [0.717, 1.165) is 5.56 Å². The van der Waals surface area contributed by atoms with Gasteiger partial charge in [0.15, 0.2) is 0 Å². The molecule has 0 aliphatic heterocycles. The number of aromatic nitrogens is 1. The zero-order valence-corrected chi connectivity index (χ0v) is 13.2. The van der Waals surface area contributed by atoms with Gasteiger partial charge >= 0.3 is 17.5 Å². The molecule has 0 bridgehead atoms. The van der Waals surface area contributed by atoms with Crippen molar-refractivity contribution in [3.05, 3.63) is 63.5 Å². The van der Waals surface area contributed by atoms with Crippen molar-refractivity contribution in [3.63, 3.8) is 0 Å². The molecule has 0 unspecified atom stereocenters. The number of benzene rings is 1. The molecule has 0 aliphatic carbocycles. The lowest BCUT2D eigenvalue weighted by molar-refractivity contribution is 0.0471. The maximum absolute atomic E-state index is 12.0. The summed E-state index contributed by atoms with van der Waals surface area (Å²) in [6.07, 6.45) is 0.372. The van der Waals surface area contributed by atoms with Crippen LogP contribution < -0.4 is 5.63 Å². The lowest BCUT2D eigenvalue weighted by Crippen LogP contribution is -2.19. The SMILES string of the molecule is CCOC(=O)c1nc(C)c(CCOCc2ccccc2)c(=O)o1. The largest absolute Gasteiger partial charge is 0.459 e. The highest BCUT2D eigenvalue weighted by molar-refractivity contribution is 5.84. The molecule has 122 valence electrons. The molecule has 2 rings (SSSR count). The minimum absolute atomic E-state index is 0.193. The first-order chi connectivity index (χ1) is 11.1. The van der Waals surface area contributed by atoms with Gasteiger partial charge in [0, 0.05) is 6.42 Å². The van der Waals surface area contributed by atoms with Gasteiger partial charge in [0.2, 0.25) is 0 Å². The molecule has 0 amide bonds. The third-order valence-electron chi connectivity index (χ3n) is 3.20. The average Bonchev–Trinajstić information content (AvgIpc) is 2.54. The number of rotatable bonds is 7. The Hall–Kier alpha value is -2.47. The predicted octanol–water partition coefficient (Wildman–Crippen LogP) is 2.28. The number of ether oxygens (including phenoxy) is 2. The first-order valence-corrected chi connectivity index (χ1v) is 7.41. The molecule has 0 radical (unpaired) electrons. The van der Waals surface area contributed by atoms with E-state index in [0.29, 0.717) is 30.9 Å². The van der Waals surface area contributed by atoms with E-state index < -0.39 is 11.6 Å². The molecule has 2 aromatic rings. The Labute approximate surface area is 134 Å². The van der Waals surface area contributed by atoms with E-state index in [1.54, 1.807) is 13.8 Å². The van der Waals surface area contributed by atoms with E-state index in [4.69, 9.17) is 13.9 Å². The predicted molar refractivity (Wildman–Crippen MR) is 83.3 cm³/mol. The number of carbonyl (C=O) groups excluding carboxylic acids is 1. The summed E-state index contributed by atoms with van der Waals surface area (Å²) in [6.45, 7) is 4.35. The van der Waals surface area contributed by atoms with E-state index in [2.05, 4.69) is 4.98 Å². The third kappa shape index (κ3) is 4.75. The molecule has 0 saturated heterocycles. The van der Waals surface area contributed by atoms with Crippen LogP contribution >= 0.6 is 0 Å². The smallest absolute Gasteiger partial charge is 0.394 e. The molecular formula is C17H19NO5. The Morgan fingerprint density at radius 2 is 2.00 bits per heavy atom. The first-order valence-electron chi connectivity index (χ1n) is 7.41. The van der Waals surface area contributed by atoms with Gasteiger partial charge < -0.3 is 13.9 Å². The van der Waals surface area contributed by atoms with Gasteiger partial charge in [0.05, 0.1) is 31.1 Å². The second-order valence-corrected chi connectivity index (χ2v) is 4.88. The van der Waals surface area contributed by atoms with Crippen molar-refractivity contribution in [2.45, 2.75) is 26.9 Å². The molecule has 6 nitrogen and oxygen atoms in total. The topological polar surface area (TPSA) is 78.6 Å². The number of aryl methyl sites for hydroxylation is 1. The molecule has 0 spiro atoms. The Balaban J connectivity index is 1.95. The standard InChI is InChI=1S/C17H19NO5/c1-3-22-17(20)15-18-12(2)14(16(19)23-15)9-10-21-11-13-7-5-4-6-8-13/h4-8H,3,9-11H2,1-2H3. The van der Waals surface area contributed by atoms with Crippen molar-refractivity contribution in [1.82, 2.24) is 4.98 Å². The van der Waals surface area contributed by atoms with Crippen LogP contribution in [0, 0.1) is 6.92 Å². The number of carbonyl (C=O) groups is 1. The third-order valence-corrected chi connectivity index (χ3v) is 3.20. The molecular weight excluding hydrogens is 298 g/mol. The first kappa shape index (κ1) is 16.9. The molecule has 6 heteroatoms. The van der Waals surface area contributed by atoms with E-state index in [1.807, 2.05) is 30.3 Å². The van der Waals surface area contributed by atoms with Gasteiger partial charge in [-0.05, 0) is 19.4 Å². The summed E-state index contributed by atoms with van der Waals surface area (Å²) < 4.78 is 15.2. The summed E-state index contributed by atoms with van der Waals surface area (Å²) in [5.41, 5.74) is 1.34. The molecule has 0 aliphatic rings. The molecule has 0 atom stereocenters. The Morgan fingerprint density at radius 1 is 1.26 bits per heavy atom. The van der Waals surface area contributed by atoms with Crippen LogP contribution in [-0.4, -0.2) is 24.2 Å². The Kier molecular flexibility index (Phi) is 6.05. The summed E-state index contributed by atoms with van der Waals surface area (Å²) in [6, 6.07) is 9.75. The van der Waals surface area contributed by atoms with Gasteiger partial charge in [-0.3, -0.25) is 0 Å². The van der Waals surface area contributed by atoms with Gasteiger partial charge in [0.25, 0.3) is 0 Å². The maximum Gasteiger partial charge on any atom is 0.394 e. The zero-order chi connectivity index (χ0) is 16.7. The highest BCUT2D eigenvalue weighted by atomic mass is 16.5. The second kappa shape index (κ2) is 8.24. The van der Waals surface area contributed by atoms with Crippen LogP contribution in [0.1, 0.15) is 34.4 Å². The lowest BCUT2D eigenvalue weighted by atomic mass is 10.2. The average molecular weight is 317 g/mol. The van der Waals surface area contributed by atoms with Crippen molar-refractivity contribution in [2.24, 2.45) is 0 Å². The van der Waals surface area contributed by atoms with Gasteiger partial charge in [0.1, 0.15) is 0 Å². The fourth-order valence-electron chi connectivity index (χ4n) is 2.04. The van der Waals surface area contributed by atoms with E-state index in [1.165, 1.54) is 0 Å². The fourth-order valence-corrected chi connectivity index (χ4v) is 2.04. The zero-order valence-electron chi connectivity index (χ0n) is 13.2. The number of hydrogen-bond acceptors (Lipinski definition) is 6. The normalized spacial score (nSPS) is 10.5. The van der Waals surface area contributed by atoms with Crippen molar-refractivity contribution in [2.75, 3.05) is 13.2 Å². The quantitative estimate of drug-likeness (QED) is 0.576. The van der Waals surface area contributed by atoms with Crippen molar-refractivity contribution < 1.29 is 18.7 Å². The van der Waals surface area contributed by atoms with E-state index in [-0.39, 0.29) is 12.5 Å². The van der Waals surface area contributed by atoms with Gasteiger partial charge in [-0.1, -0.05) is 30.3 Å². The molecule has 0 saturated carbocycles. The minimum Gasteiger partial charge on any atom is -0.459 e.